The molecule has 2 heterocycles. The predicted molar refractivity (Wildman–Crippen MR) is 89.1 cm³/mol. The van der Waals surface area contributed by atoms with Crippen molar-refractivity contribution in [2.45, 2.75) is 18.9 Å². The van der Waals surface area contributed by atoms with Crippen LogP contribution in [0.2, 0.25) is 0 Å². The molecule has 1 atom stereocenters. The number of rotatable bonds is 5. The minimum Gasteiger partial charge on any atom is -0.369 e. The van der Waals surface area contributed by atoms with Crippen molar-refractivity contribution in [2.75, 3.05) is 50.7 Å². The van der Waals surface area contributed by atoms with Crippen LogP contribution >= 0.6 is 0 Å². The number of carbonyl (C=O) groups excluding carboxylic acids is 1. The molecule has 0 bridgehead atoms. The number of hydrogen-bond acceptors (Lipinski definition) is 4. The van der Waals surface area contributed by atoms with Crippen molar-refractivity contribution in [3.05, 3.63) is 30.1 Å². The molecule has 2 aliphatic rings. The van der Waals surface area contributed by atoms with Gasteiger partial charge in [-0.3, -0.25) is 9.69 Å². The molecule has 2 saturated heterocycles. The summed E-state index contributed by atoms with van der Waals surface area (Å²) in [4.78, 5) is 16.6. The highest BCUT2D eigenvalue weighted by molar-refractivity contribution is 5.81. The Morgan fingerprint density at radius 2 is 1.96 bits per heavy atom. The Hall–Kier alpha value is -1.66. The van der Waals surface area contributed by atoms with Gasteiger partial charge in [0.1, 0.15) is 5.82 Å². The average Bonchev–Trinajstić information content (AvgIpc) is 3.11. The number of benzene rings is 1. The van der Waals surface area contributed by atoms with Crippen LogP contribution in [0.3, 0.4) is 0 Å². The molecule has 3 rings (SSSR count). The summed E-state index contributed by atoms with van der Waals surface area (Å²) < 4.78 is 13.0. The van der Waals surface area contributed by atoms with Crippen LogP contribution in [0.15, 0.2) is 24.3 Å². The van der Waals surface area contributed by atoms with Crippen LogP contribution in [0, 0.1) is 5.82 Å². The van der Waals surface area contributed by atoms with Crippen molar-refractivity contribution >= 4 is 11.6 Å². The largest absolute Gasteiger partial charge is 0.369 e. The van der Waals surface area contributed by atoms with Crippen molar-refractivity contribution < 1.29 is 9.18 Å². The Morgan fingerprint density at radius 1 is 1.22 bits per heavy atom. The molecule has 126 valence electrons. The van der Waals surface area contributed by atoms with Crippen LogP contribution in [-0.4, -0.2) is 62.7 Å². The summed E-state index contributed by atoms with van der Waals surface area (Å²) in [7, 11) is 0. The fraction of sp³-hybridized carbons (Fsp3) is 0.588. The molecular formula is C17H25FN4O. The molecule has 2 fully saturated rings. The second kappa shape index (κ2) is 7.75. The van der Waals surface area contributed by atoms with Gasteiger partial charge in [-0.2, -0.15) is 0 Å². The molecule has 0 saturated carbocycles. The molecule has 2 N–H and O–H groups in total. The van der Waals surface area contributed by atoms with Gasteiger partial charge < -0.3 is 15.5 Å². The molecule has 23 heavy (non-hydrogen) atoms. The molecule has 0 radical (unpaired) electrons. The van der Waals surface area contributed by atoms with Crippen molar-refractivity contribution in [3.8, 4) is 0 Å². The third kappa shape index (κ3) is 4.42. The number of nitrogens with one attached hydrogen (secondary N) is 2. The molecular weight excluding hydrogens is 295 g/mol. The Bertz CT molecular complexity index is 508. The average molecular weight is 320 g/mol. The van der Waals surface area contributed by atoms with E-state index in [4.69, 9.17) is 0 Å². The summed E-state index contributed by atoms with van der Waals surface area (Å²) in [5.74, 6) is -0.0627. The Balaban J connectivity index is 1.36. The zero-order valence-corrected chi connectivity index (χ0v) is 13.4. The number of hydrogen-bond donors (Lipinski definition) is 2. The van der Waals surface area contributed by atoms with E-state index in [9.17, 15) is 9.18 Å². The van der Waals surface area contributed by atoms with Crippen LogP contribution in [0.1, 0.15) is 12.8 Å². The summed E-state index contributed by atoms with van der Waals surface area (Å²) in [6.07, 6.45) is 2.03. The molecule has 2 aliphatic heterocycles. The fourth-order valence-electron chi connectivity index (χ4n) is 3.25. The molecule has 1 amide bonds. The van der Waals surface area contributed by atoms with Crippen LogP contribution in [-0.2, 0) is 4.79 Å². The van der Waals surface area contributed by atoms with Crippen molar-refractivity contribution in [3.63, 3.8) is 0 Å². The topological polar surface area (TPSA) is 47.6 Å². The van der Waals surface area contributed by atoms with Gasteiger partial charge in [0.25, 0.3) is 0 Å². The van der Waals surface area contributed by atoms with Crippen molar-refractivity contribution in [2.24, 2.45) is 0 Å². The first-order chi connectivity index (χ1) is 11.2. The normalized spacial score (nSPS) is 22.3. The molecule has 0 aliphatic carbocycles. The predicted octanol–water partition coefficient (Wildman–Crippen LogP) is 0.816. The quantitative estimate of drug-likeness (QED) is 0.843. The number of halogens is 1. The Kier molecular flexibility index (Phi) is 5.46. The van der Waals surface area contributed by atoms with Crippen molar-refractivity contribution in [1.82, 2.24) is 15.5 Å². The Labute approximate surface area is 136 Å². The summed E-state index contributed by atoms with van der Waals surface area (Å²) in [5, 5.41) is 6.24. The number of nitrogens with zero attached hydrogens (tertiary/aromatic N) is 2. The summed E-state index contributed by atoms with van der Waals surface area (Å²) in [6.45, 7) is 6.34. The molecule has 1 aromatic carbocycles. The van der Waals surface area contributed by atoms with E-state index < -0.39 is 0 Å². The van der Waals surface area contributed by atoms with Gasteiger partial charge in [-0.15, -0.1) is 0 Å². The minimum absolute atomic E-state index is 0.00493. The van der Waals surface area contributed by atoms with Gasteiger partial charge in [0.15, 0.2) is 0 Å². The highest BCUT2D eigenvalue weighted by Crippen LogP contribution is 2.16. The lowest BCUT2D eigenvalue weighted by atomic mass is 10.2. The van der Waals surface area contributed by atoms with Crippen molar-refractivity contribution in [1.29, 1.82) is 0 Å². The number of carbonyl (C=O) groups is 1. The summed E-state index contributed by atoms with van der Waals surface area (Å²) in [5.41, 5.74) is 1.08. The van der Waals surface area contributed by atoms with Gasteiger partial charge in [0, 0.05) is 45.0 Å². The van der Waals surface area contributed by atoms with E-state index in [0.717, 1.165) is 57.8 Å². The Morgan fingerprint density at radius 3 is 2.61 bits per heavy atom. The van der Waals surface area contributed by atoms with Crippen LogP contribution in [0.5, 0.6) is 0 Å². The zero-order valence-electron chi connectivity index (χ0n) is 13.4. The van der Waals surface area contributed by atoms with E-state index in [1.807, 2.05) is 12.1 Å². The lowest BCUT2D eigenvalue weighted by Gasteiger charge is -2.36. The lowest BCUT2D eigenvalue weighted by Crippen LogP contribution is -2.49. The third-order valence-corrected chi connectivity index (χ3v) is 4.67. The maximum absolute atomic E-state index is 13.0. The maximum Gasteiger partial charge on any atom is 0.237 e. The highest BCUT2D eigenvalue weighted by atomic mass is 19.1. The first-order valence-electron chi connectivity index (χ1n) is 8.46. The standard InChI is InChI=1S/C17H25FN4O/c18-14-3-5-15(6-4-14)22-12-10-21(11-13-22)9-8-20-17(23)16-2-1-7-19-16/h3-6,16,19H,1-2,7-13H2,(H,20,23). The van der Waals surface area contributed by atoms with Gasteiger partial charge in [-0.25, -0.2) is 4.39 Å². The van der Waals surface area contributed by atoms with Gasteiger partial charge in [0.2, 0.25) is 5.91 Å². The number of anilines is 1. The van der Waals surface area contributed by atoms with Gasteiger partial charge >= 0.3 is 0 Å². The summed E-state index contributed by atoms with van der Waals surface area (Å²) >= 11 is 0. The molecule has 1 unspecified atom stereocenters. The molecule has 0 aromatic heterocycles. The van der Waals surface area contributed by atoms with E-state index in [1.165, 1.54) is 12.1 Å². The van der Waals surface area contributed by atoms with E-state index in [2.05, 4.69) is 20.4 Å². The first kappa shape index (κ1) is 16.2. The second-order valence-electron chi connectivity index (χ2n) is 6.25. The van der Waals surface area contributed by atoms with Crippen LogP contribution in [0.4, 0.5) is 10.1 Å². The van der Waals surface area contributed by atoms with Gasteiger partial charge in [0.05, 0.1) is 6.04 Å². The van der Waals surface area contributed by atoms with E-state index in [0.29, 0.717) is 6.54 Å². The number of amides is 1. The van der Waals surface area contributed by atoms with Gasteiger partial charge in [-0.05, 0) is 43.7 Å². The molecule has 5 nitrogen and oxygen atoms in total. The first-order valence-corrected chi connectivity index (χ1v) is 8.46. The molecule has 6 heteroatoms. The van der Waals surface area contributed by atoms with Gasteiger partial charge in [-0.1, -0.05) is 0 Å². The zero-order chi connectivity index (χ0) is 16.1. The van der Waals surface area contributed by atoms with Crippen LogP contribution < -0.4 is 15.5 Å². The fourth-order valence-corrected chi connectivity index (χ4v) is 3.25. The SMILES string of the molecule is O=C(NCCN1CCN(c2ccc(F)cc2)CC1)C1CCCN1. The molecule has 1 aromatic rings. The van der Waals surface area contributed by atoms with E-state index >= 15 is 0 Å². The van der Waals surface area contributed by atoms with E-state index in [-0.39, 0.29) is 17.8 Å². The van der Waals surface area contributed by atoms with E-state index in [1.54, 1.807) is 0 Å². The minimum atomic E-state index is -0.195. The maximum atomic E-state index is 13.0. The van der Waals surface area contributed by atoms with Crippen LogP contribution in [0.25, 0.3) is 0 Å². The third-order valence-electron chi connectivity index (χ3n) is 4.67. The summed E-state index contributed by atoms with van der Waals surface area (Å²) in [6, 6.07) is 6.69. The highest BCUT2D eigenvalue weighted by Gasteiger charge is 2.22. The lowest BCUT2D eigenvalue weighted by molar-refractivity contribution is -0.122. The molecule has 0 spiro atoms. The monoisotopic (exact) mass is 320 g/mol. The second-order valence-corrected chi connectivity index (χ2v) is 6.25. The smallest absolute Gasteiger partial charge is 0.237 e. The number of piperazine rings is 1.